The fourth-order valence-corrected chi connectivity index (χ4v) is 3.41. The zero-order valence-electron chi connectivity index (χ0n) is 16.9. The molecule has 1 fully saturated rings. The molecule has 2 aromatic heterocycles. The number of morpholine rings is 1. The number of H-pyrrole nitrogens is 1. The van der Waals surface area contributed by atoms with Gasteiger partial charge in [-0.25, -0.2) is 18.7 Å². The zero-order valence-corrected chi connectivity index (χ0v) is 16.9. The van der Waals surface area contributed by atoms with E-state index in [1.165, 1.54) is 6.07 Å². The van der Waals surface area contributed by atoms with Crippen LogP contribution in [-0.2, 0) is 11.2 Å². The van der Waals surface area contributed by atoms with Gasteiger partial charge in [0.25, 0.3) is 0 Å². The maximum atomic E-state index is 13.2. The molecule has 0 unspecified atom stereocenters. The van der Waals surface area contributed by atoms with Gasteiger partial charge in [0.05, 0.1) is 25.5 Å². The number of nitrogens with zero attached hydrogens (tertiary/aromatic N) is 4. The van der Waals surface area contributed by atoms with Gasteiger partial charge < -0.3 is 14.4 Å². The molecule has 1 aliphatic rings. The molecule has 1 atom stereocenters. The van der Waals surface area contributed by atoms with E-state index in [0.717, 1.165) is 47.4 Å². The SMILES string of the molecule is Cc1cc(N2CCO[C@H](c3cc(CCOc4ccc(F)c(F)c4)[nH]n3)C2)nc(C)n1. The molecule has 158 valence electrons. The Kier molecular flexibility index (Phi) is 5.89. The van der Waals surface area contributed by atoms with Gasteiger partial charge in [-0.1, -0.05) is 0 Å². The summed E-state index contributed by atoms with van der Waals surface area (Å²) in [5.74, 6) is 0.106. The van der Waals surface area contributed by atoms with Crippen LogP contribution in [0.1, 0.15) is 29.0 Å². The lowest BCUT2D eigenvalue weighted by Crippen LogP contribution is -2.39. The Bertz CT molecular complexity index is 1010. The maximum Gasteiger partial charge on any atom is 0.162 e. The number of benzene rings is 1. The largest absolute Gasteiger partial charge is 0.493 e. The maximum absolute atomic E-state index is 13.2. The summed E-state index contributed by atoms with van der Waals surface area (Å²) >= 11 is 0. The lowest BCUT2D eigenvalue weighted by atomic mass is 10.2. The number of nitrogens with one attached hydrogen (secondary N) is 1. The zero-order chi connectivity index (χ0) is 21.1. The van der Waals surface area contributed by atoms with Crippen LogP contribution in [0.5, 0.6) is 5.75 Å². The third kappa shape index (κ3) is 4.73. The molecule has 0 amide bonds. The lowest BCUT2D eigenvalue weighted by molar-refractivity contribution is 0.0367. The average Bonchev–Trinajstić information content (AvgIpc) is 3.19. The van der Waals surface area contributed by atoms with Crippen molar-refractivity contribution in [1.82, 2.24) is 20.2 Å². The van der Waals surface area contributed by atoms with Gasteiger partial charge in [0.1, 0.15) is 23.5 Å². The molecular weight excluding hydrogens is 392 g/mol. The number of hydrogen-bond acceptors (Lipinski definition) is 6. The monoisotopic (exact) mass is 415 g/mol. The number of aromatic nitrogens is 4. The second kappa shape index (κ2) is 8.74. The van der Waals surface area contributed by atoms with Crippen LogP contribution in [0.3, 0.4) is 0 Å². The summed E-state index contributed by atoms with van der Waals surface area (Å²) in [7, 11) is 0. The number of anilines is 1. The average molecular weight is 415 g/mol. The minimum absolute atomic E-state index is 0.175. The fraction of sp³-hybridized carbons (Fsp3) is 0.381. The predicted molar refractivity (Wildman–Crippen MR) is 107 cm³/mol. The number of aryl methyl sites for hydroxylation is 2. The molecule has 1 saturated heterocycles. The first-order chi connectivity index (χ1) is 14.5. The summed E-state index contributed by atoms with van der Waals surface area (Å²) < 4.78 is 37.6. The number of aromatic amines is 1. The quantitative estimate of drug-likeness (QED) is 0.666. The minimum atomic E-state index is -0.926. The van der Waals surface area contributed by atoms with Crippen LogP contribution in [-0.4, -0.2) is 46.5 Å². The molecule has 30 heavy (non-hydrogen) atoms. The summed E-state index contributed by atoms with van der Waals surface area (Å²) in [4.78, 5) is 11.0. The molecule has 1 N–H and O–H groups in total. The number of hydrogen-bond donors (Lipinski definition) is 1. The van der Waals surface area contributed by atoms with Crippen LogP contribution >= 0.6 is 0 Å². The third-order valence-electron chi connectivity index (χ3n) is 4.85. The van der Waals surface area contributed by atoms with Crippen LogP contribution in [0, 0.1) is 25.5 Å². The summed E-state index contributed by atoms with van der Waals surface area (Å²) in [5.41, 5.74) is 2.62. The number of rotatable bonds is 6. The highest BCUT2D eigenvalue weighted by Crippen LogP contribution is 2.25. The molecule has 1 aromatic carbocycles. The molecule has 9 heteroatoms. The summed E-state index contributed by atoms with van der Waals surface area (Å²) in [6.45, 7) is 6.13. The van der Waals surface area contributed by atoms with Gasteiger partial charge in [-0.2, -0.15) is 5.10 Å². The Morgan fingerprint density at radius 2 is 2.03 bits per heavy atom. The molecular formula is C21H23F2N5O2. The molecule has 0 aliphatic carbocycles. The molecule has 1 aliphatic heterocycles. The molecule has 0 spiro atoms. The van der Waals surface area contributed by atoms with Crippen molar-refractivity contribution in [2.24, 2.45) is 0 Å². The van der Waals surface area contributed by atoms with Crippen LogP contribution in [0.15, 0.2) is 30.3 Å². The molecule has 3 aromatic rings. The van der Waals surface area contributed by atoms with E-state index < -0.39 is 11.6 Å². The fourth-order valence-electron chi connectivity index (χ4n) is 3.41. The van der Waals surface area contributed by atoms with Crippen molar-refractivity contribution in [3.63, 3.8) is 0 Å². The van der Waals surface area contributed by atoms with E-state index in [1.54, 1.807) is 0 Å². The number of halogens is 2. The van der Waals surface area contributed by atoms with E-state index in [0.29, 0.717) is 26.2 Å². The predicted octanol–water partition coefficient (Wildman–Crippen LogP) is 3.29. The van der Waals surface area contributed by atoms with Crippen molar-refractivity contribution in [2.45, 2.75) is 26.4 Å². The first-order valence-corrected chi connectivity index (χ1v) is 9.79. The molecule has 4 rings (SSSR count). The second-order valence-corrected chi connectivity index (χ2v) is 7.21. The second-order valence-electron chi connectivity index (χ2n) is 7.21. The Hall–Kier alpha value is -3.07. The van der Waals surface area contributed by atoms with E-state index in [9.17, 15) is 8.78 Å². The highest BCUT2D eigenvalue weighted by molar-refractivity contribution is 5.40. The van der Waals surface area contributed by atoms with Crippen molar-refractivity contribution in [1.29, 1.82) is 0 Å². The Morgan fingerprint density at radius 3 is 2.83 bits per heavy atom. The number of ether oxygens (including phenoxy) is 2. The molecule has 7 nitrogen and oxygen atoms in total. The van der Waals surface area contributed by atoms with Gasteiger partial charge in [-0.15, -0.1) is 0 Å². The third-order valence-corrected chi connectivity index (χ3v) is 4.85. The topological polar surface area (TPSA) is 76.2 Å². The van der Waals surface area contributed by atoms with Crippen LogP contribution in [0.4, 0.5) is 14.6 Å². The standard InChI is InChI=1S/C21H23F2N5O2/c1-13-9-21(25-14(2)24-13)28-6-8-30-20(12-28)19-10-15(26-27-19)5-7-29-16-3-4-17(22)18(23)11-16/h3-4,9-11,20H,5-8,12H2,1-2H3,(H,26,27)/t20-/m0/s1. The Balaban J connectivity index is 1.35. The summed E-state index contributed by atoms with van der Waals surface area (Å²) in [6.07, 6.45) is 0.374. The Morgan fingerprint density at radius 1 is 1.17 bits per heavy atom. The molecule has 0 saturated carbocycles. The van der Waals surface area contributed by atoms with Crippen molar-refractivity contribution in [3.05, 3.63) is 64.9 Å². The van der Waals surface area contributed by atoms with E-state index in [4.69, 9.17) is 9.47 Å². The van der Waals surface area contributed by atoms with Crippen LogP contribution in [0.2, 0.25) is 0 Å². The van der Waals surface area contributed by atoms with Crippen LogP contribution in [0.25, 0.3) is 0 Å². The van der Waals surface area contributed by atoms with Gasteiger partial charge in [0.15, 0.2) is 11.6 Å². The first kappa shape index (κ1) is 20.2. The van der Waals surface area contributed by atoms with Crippen LogP contribution < -0.4 is 9.64 Å². The highest BCUT2D eigenvalue weighted by Gasteiger charge is 2.25. The van der Waals surface area contributed by atoms with Crippen molar-refractivity contribution in [2.75, 3.05) is 31.2 Å². The first-order valence-electron chi connectivity index (χ1n) is 9.79. The smallest absolute Gasteiger partial charge is 0.162 e. The Labute approximate surface area is 173 Å². The minimum Gasteiger partial charge on any atom is -0.493 e. The van der Waals surface area contributed by atoms with Gasteiger partial charge in [-0.3, -0.25) is 5.10 Å². The van der Waals surface area contributed by atoms with Gasteiger partial charge in [-0.05, 0) is 32.0 Å². The van der Waals surface area contributed by atoms with E-state index in [-0.39, 0.29) is 11.9 Å². The summed E-state index contributed by atoms with van der Waals surface area (Å²) in [6, 6.07) is 7.40. The highest BCUT2D eigenvalue weighted by atomic mass is 19.2. The molecule has 0 radical (unpaired) electrons. The lowest BCUT2D eigenvalue weighted by Gasteiger charge is -2.33. The van der Waals surface area contributed by atoms with Gasteiger partial charge >= 0.3 is 0 Å². The van der Waals surface area contributed by atoms with Crippen molar-refractivity contribution >= 4 is 5.82 Å². The summed E-state index contributed by atoms with van der Waals surface area (Å²) in [5, 5.41) is 7.37. The van der Waals surface area contributed by atoms with Gasteiger partial charge in [0, 0.05) is 36.5 Å². The normalized spacial score (nSPS) is 16.7. The van der Waals surface area contributed by atoms with Crippen molar-refractivity contribution in [3.8, 4) is 5.75 Å². The van der Waals surface area contributed by atoms with E-state index in [1.807, 2.05) is 26.0 Å². The van der Waals surface area contributed by atoms with E-state index >= 15 is 0 Å². The van der Waals surface area contributed by atoms with E-state index in [2.05, 4.69) is 25.1 Å². The molecule has 3 heterocycles. The van der Waals surface area contributed by atoms with Gasteiger partial charge in [0.2, 0.25) is 0 Å². The molecule has 0 bridgehead atoms. The van der Waals surface area contributed by atoms with Crippen molar-refractivity contribution < 1.29 is 18.3 Å².